The van der Waals surface area contributed by atoms with Crippen LogP contribution in [0.5, 0.6) is 0 Å². The molecule has 4 atom stereocenters. The monoisotopic (exact) mass is 283 g/mol. The molecule has 2 saturated heterocycles. The molecule has 20 heavy (non-hydrogen) atoms. The standard InChI is InChI=1S/C15H25NO4/c1-10(8-14(17)18)12-4-3-6-16(9-12)15(19)13-5-7-20-11(13)2/h10-13H,3-9H2,1-2H3,(H,17,18). The van der Waals surface area contributed by atoms with Crippen LogP contribution in [0.15, 0.2) is 0 Å². The van der Waals surface area contributed by atoms with Crippen LogP contribution < -0.4 is 0 Å². The molecule has 0 spiro atoms. The normalized spacial score (nSPS) is 32.1. The summed E-state index contributed by atoms with van der Waals surface area (Å²) in [5.74, 6) is -0.133. The van der Waals surface area contributed by atoms with E-state index in [0.717, 1.165) is 25.8 Å². The first-order valence-corrected chi connectivity index (χ1v) is 7.61. The minimum absolute atomic E-state index is 0.0106. The SMILES string of the molecule is CC(CC(=O)O)C1CCCN(C(=O)C2CCOC2C)C1. The van der Waals surface area contributed by atoms with Crippen LogP contribution in [0.3, 0.4) is 0 Å². The van der Waals surface area contributed by atoms with E-state index in [2.05, 4.69) is 0 Å². The lowest BCUT2D eigenvalue weighted by atomic mass is 9.84. The molecule has 0 saturated carbocycles. The maximum absolute atomic E-state index is 12.5. The molecule has 2 heterocycles. The van der Waals surface area contributed by atoms with Gasteiger partial charge in [-0.25, -0.2) is 0 Å². The number of rotatable bonds is 4. The third kappa shape index (κ3) is 3.51. The molecule has 114 valence electrons. The van der Waals surface area contributed by atoms with Gasteiger partial charge in [-0.1, -0.05) is 6.92 Å². The van der Waals surface area contributed by atoms with Crippen molar-refractivity contribution in [2.75, 3.05) is 19.7 Å². The van der Waals surface area contributed by atoms with Gasteiger partial charge in [0.2, 0.25) is 5.91 Å². The topological polar surface area (TPSA) is 66.8 Å². The van der Waals surface area contributed by atoms with Gasteiger partial charge in [-0.15, -0.1) is 0 Å². The van der Waals surface area contributed by atoms with Crippen molar-refractivity contribution in [3.05, 3.63) is 0 Å². The lowest BCUT2D eigenvalue weighted by Crippen LogP contribution is -2.45. The van der Waals surface area contributed by atoms with E-state index in [1.807, 2.05) is 18.7 Å². The summed E-state index contributed by atoms with van der Waals surface area (Å²) < 4.78 is 5.48. The van der Waals surface area contributed by atoms with E-state index in [4.69, 9.17) is 9.84 Å². The number of likely N-dealkylation sites (tertiary alicyclic amines) is 1. The fourth-order valence-corrected chi connectivity index (χ4v) is 3.41. The van der Waals surface area contributed by atoms with Crippen molar-refractivity contribution in [1.82, 2.24) is 4.90 Å². The maximum atomic E-state index is 12.5. The molecule has 2 aliphatic rings. The molecule has 4 unspecified atom stereocenters. The summed E-state index contributed by atoms with van der Waals surface area (Å²) in [4.78, 5) is 25.3. The highest BCUT2D eigenvalue weighted by Crippen LogP contribution is 2.29. The van der Waals surface area contributed by atoms with Crippen LogP contribution in [0, 0.1) is 17.8 Å². The molecule has 2 rings (SSSR count). The van der Waals surface area contributed by atoms with Crippen LogP contribution in [0.2, 0.25) is 0 Å². The van der Waals surface area contributed by atoms with E-state index in [1.54, 1.807) is 0 Å². The molecule has 2 fully saturated rings. The van der Waals surface area contributed by atoms with E-state index >= 15 is 0 Å². The first-order valence-electron chi connectivity index (χ1n) is 7.61. The second-order valence-electron chi connectivity index (χ2n) is 6.23. The van der Waals surface area contributed by atoms with E-state index < -0.39 is 5.97 Å². The van der Waals surface area contributed by atoms with Crippen molar-refractivity contribution >= 4 is 11.9 Å². The Morgan fingerprint density at radius 3 is 2.75 bits per heavy atom. The molecule has 5 heteroatoms. The van der Waals surface area contributed by atoms with Gasteiger partial charge in [0.25, 0.3) is 0 Å². The maximum Gasteiger partial charge on any atom is 0.303 e. The quantitative estimate of drug-likeness (QED) is 0.853. The van der Waals surface area contributed by atoms with Gasteiger partial charge >= 0.3 is 5.97 Å². The highest BCUT2D eigenvalue weighted by molar-refractivity contribution is 5.79. The van der Waals surface area contributed by atoms with Gasteiger partial charge in [0.15, 0.2) is 0 Å². The Hall–Kier alpha value is -1.10. The van der Waals surface area contributed by atoms with Gasteiger partial charge in [-0.05, 0) is 38.0 Å². The molecule has 0 aromatic heterocycles. The van der Waals surface area contributed by atoms with Crippen molar-refractivity contribution in [2.45, 2.75) is 45.6 Å². The molecule has 0 aromatic rings. The first kappa shape index (κ1) is 15.3. The zero-order chi connectivity index (χ0) is 14.7. The van der Waals surface area contributed by atoms with Crippen LogP contribution in [0.25, 0.3) is 0 Å². The number of carboxylic acid groups (broad SMARTS) is 1. The fourth-order valence-electron chi connectivity index (χ4n) is 3.41. The predicted octanol–water partition coefficient (Wildman–Crippen LogP) is 1.76. The highest BCUT2D eigenvalue weighted by Gasteiger charge is 2.36. The summed E-state index contributed by atoms with van der Waals surface area (Å²) in [5, 5.41) is 8.90. The van der Waals surface area contributed by atoms with Gasteiger partial charge in [0.1, 0.15) is 0 Å². The molecule has 0 aromatic carbocycles. The summed E-state index contributed by atoms with van der Waals surface area (Å²) in [6.07, 6.45) is 3.01. The number of carbonyl (C=O) groups excluding carboxylic acids is 1. The number of nitrogens with zero attached hydrogens (tertiary/aromatic N) is 1. The van der Waals surface area contributed by atoms with Gasteiger partial charge < -0.3 is 14.7 Å². The van der Waals surface area contributed by atoms with Gasteiger partial charge in [-0.2, -0.15) is 0 Å². The minimum Gasteiger partial charge on any atom is -0.481 e. The molecule has 0 bridgehead atoms. The van der Waals surface area contributed by atoms with Crippen LogP contribution in [0.4, 0.5) is 0 Å². The van der Waals surface area contributed by atoms with Crippen molar-refractivity contribution in [3.63, 3.8) is 0 Å². The van der Waals surface area contributed by atoms with Crippen LogP contribution in [0.1, 0.15) is 39.5 Å². The smallest absolute Gasteiger partial charge is 0.303 e. The number of ether oxygens (including phenoxy) is 1. The number of aliphatic carboxylic acids is 1. The first-order chi connectivity index (χ1) is 9.49. The average Bonchev–Trinajstić information content (AvgIpc) is 2.83. The Labute approximate surface area is 120 Å². The number of carbonyl (C=O) groups is 2. The van der Waals surface area contributed by atoms with Gasteiger partial charge in [0.05, 0.1) is 12.0 Å². The third-order valence-electron chi connectivity index (χ3n) is 4.76. The summed E-state index contributed by atoms with van der Waals surface area (Å²) in [7, 11) is 0. The molecule has 1 N–H and O–H groups in total. The van der Waals surface area contributed by atoms with Gasteiger partial charge in [0, 0.05) is 26.1 Å². The number of piperidine rings is 1. The van der Waals surface area contributed by atoms with Gasteiger partial charge in [-0.3, -0.25) is 9.59 Å². The Balaban J connectivity index is 1.92. The lowest BCUT2D eigenvalue weighted by Gasteiger charge is -2.37. The van der Waals surface area contributed by atoms with E-state index in [9.17, 15) is 9.59 Å². The van der Waals surface area contributed by atoms with E-state index in [1.165, 1.54) is 0 Å². The second-order valence-corrected chi connectivity index (χ2v) is 6.23. The largest absolute Gasteiger partial charge is 0.481 e. The van der Waals surface area contributed by atoms with Crippen molar-refractivity contribution in [1.29, 1.82) is 0 Å². The molecule has 1 amide bonds. The minimum atomic E-state index is -0.751. The average molecular weight is 283 g/mol. The Kier molecular flexibility index (Phi) is 5.02. The molecule has 5 nitrogen and oxygen atoms in total. The lowest BCUT2D eigenvalue weighted by molar-refractivity contribution is -0.140. The number of amides is 1. The van der Waals surface area contributed by atoms with Crippen molar-refractivity contribution in [3.8, 4) is 0 Å². The summed E-state index contributed by atoms with van der Waals surface area (Å²) >= 11 is 0. The Bertz CT molecular complexity index is 371. The Morgan fingerprint density at radius 2 is 2.15 bits per heavy atom. The highest BCUT2D eigenvalue weighted by atomic mass is 16.5. The van der Waals surface area contributed by atoms with Crippen molar-refractivity contribution in [2.24, 2.45) is 17.8 Å². The molecular weight excluding hydrogens is 258 g/mol. The van der Waals surface area contributed by atoms with Crippen LogP contribution in [-0.2, 0) is 14.3 Å². The fraction of sp³-hybridized carbons (Fsp3) is 0.867. The van der Waals surface area contributed by atoms with Crippen LogP contribution >= 0.6 is 0 Å². The number of hydrogen-bond donors (Lipinski definition) is 1. The Morgan fingerprint density at radius 1 is 1.40 bits per heavy atom. The predicted molar refractivity (Wildman–Crippen MR) is 74.2 cm³/mol. The third-order valence-corrected chi connectivity index (χ3v) is 4.76. The number of carboxylic acids is 1. The summed E-state index contributed by atoms with van der Waals surface area (Å²) in [5.41, 5.74) is 0. The van der Waals surface area contributed by atoms with E-state index in [0.29, 0.717) is 19.1 Å². The number of hydrogen-bond acceptors (Lipinski definition) is 3. The molecule has 0 radical (unpaired) electrons. The van der Waals surface area contributed by atoms with E-state index in [-0.39, 0.29) is 30.3 Å². The van der Waals surface area contributed by atoms with Crippen molar-refractivity contribution < 1.29 is 19.4 Å². The summed E-state index contributed by atoms with van der Waals surface area (Å²) in [6, 6.07) is 0. The molecular formula is C15H25NO4. The zero-order valence-corrected chi connectivity index (χ0v) is 12.4. The second kappa shape index (κ2) is 6.57. The van der Waals surface area contributed by atoms with Crippen LogP contribution in [-0.4, -0.2) is 47.7 Å². The summed E-state index contributed by atoms with van der Waals surface area (Å²) in [6.45, 7) is 6.12. The zero-order valence-electron chi connectivity index (χ0n) is 12.4. The molecule has 2 aliphatic heterocycles. The molecule has 0 aliphatic carbocycles.